The third-order valence-electron chi connectivity index (χ3n) is 5.19. The van der Waals surface area contributed by atoms with E-state index in [-0.39, 0.29) is 36.8 Å². The Morgan fingerprint density at radius 3 is 2.26 bits per heavy atom. The minimum absolute atomic E-state index is 0. The predicted octanol–water partition coefficient (Wildman–Crippen LogP) is 4.17. The van der Waals surface area contributed by atoms with Gasteiger partial charge in [0, 0.05) is 5.69 Å². The molecule has 27 heavy (non-hydrogen) atoms. The first-order valence-corrected chi connectivity index (χ1v) is 9.12. The molecule has 2 aromatic rings. The molecule has 5 nitrogen and oxygen atoms in total. The van der Waals surface area contributed by atoms with Gasteiger partial charge in [0.1, 0.15) is 0 Å². The molecule has 0 spiro atoms. The maximum Gasteiger partial charge on any atom is 0.240 e. The van der Waals surface area contributed by atoms with Gasteiger partial charge < -0.3 is 11.1 Å². The number of hydrogen-bond donors (Lipinski definition) is 2. The van der Waals surface area contributed by atoms with Crippen LogP contribution in [0.3, 0.4) is 0 Å². The van der Waals surface area contributed by atoms with Crippen molar-refractivity contribution in [2.75, 3.05) is 0 Å². The van der Waals surface area contributed by atoms with Gasteiger partial charge in [-0.15, -0.1) is 24.8 Å². The maximum atomic E-state index is 12.6. The first kappa shape index (κ1) is 23.5. The fourth-order valence-electron chi connectivity index (χ4n) is 3.63. The summed E-state index contributed by atoms with van der Waals surface area (Å²) in [6.45, 7) is 6.04. The van der Waals surface area contributed by atoms with Crippen LogP contribution in [-0.2, 0) is 4.79 Å². The number of nitrogens with one attached hydrogen (secondary N) is 1. The first-order valence-electron chi connectivity index (χ1n) is 9.12. The van der Waals surface area contributed by atoms with E-state index in [2.05, 4.69) is 16.5 Å². The summed E-state index contributed by atoms with van der Waals surface area (Å²) in [5.41, 5.74) is 9.83. The molecule has 1 atom stereocenters. The van der Waals surface area contributed by atoms with Crippen LogP contribution in [0.25, 0.3) is 5.69 Å². The smallest absolute Gasteiger partial charge is 0.240 e. The number of rotatable bonds is 4. The van der Waals surface area contributed by atoms with Crippen LogP contribution >= 0.6 is 24.8 Å². The summed E-state index contributed by atoms with van der Waals surface area (Å²) in [6, 6.07) is 10.2. The minimum atomic E-state index is -0.698. The fourth-order valence-corrected chi connectivity index (χ4v) is 3.63. The number of amides is 1. The Morgan fingerprint density at radius 1 is 1.15 bits per heavy atom. The molecule has 7 heteroatoms. The largest absolute Gasteiger partial charge is 0.348 e. The monoisotopic (exact) mass is 412 g/mol. The van der Waals surface area contributed by atoms with E-state index in [1.54, 1.807) is 0 Å². The van der Waals surface area contributed by atoms with Crippen LogP contribution in [0.15, 0.2) is 30.3 Å². The SMILES string of the molecule is Cc1cc(C)n(-c2ccc(C(C)NC(=O)C3(N)CCCCC3)cc2)n1.Cl.Cl. The molecule has 0 radical (unpaired) electrons. The summed E-state index contributed by atoms with van der Waals surface area (Å²) in [5.74, 6) is -0.0256. The van der Waals surface area contributed by atoms with Crippen molar-refractivity contribution in [2.45, 2.75) is 64.5 Å². The zero-order valence-electron chi connectivity index (χ0n) is 16.2. The lowest BCUT2D eigenvalue weighted by atomic mass is 9.81. The second-order valence-corrected chi connectivity index (χ2v) is 7.34. The van der Waals surface area contributed by atoms with Crippen LogP contribution in [0.5, 0.6) is 0 Å². The van der Waals surface area contributed by atoms with Crippen LogP contribution in [-0.4, -0.2) is 21.2 Å². The van der Waals surface area contributed by atoms with Crippen LogP contribution < -0.4 is 11.1 Å². The van der Waals surface area contributed by atoms with Gasteiger partial charge in [0.15, 0.2) is 0 Å². The van der Waals surface area contributed by atoms with Gasteiger partial charge in [0.05, 0.1) is 23.0 Å². The third kappa shape index (κ3) is 5.24. The Balaban J connectivity index is 0.00000182. The van der Waals surface area contributed by atoms with E-state index >= 15 is 0 Å². The van der Waals surface area contributed by atoms with Gasteiger partial charge in [-0.1, -0.05) is 31.4 Å². The maximum absolute atomic E-state index is 12.6. The van der Waals surface area contributed by atoms with E-state index in [9.17, 15) is 4.79 Å². The van der Waals surface area contributed by atoms with Gasteiger partial charge in [-0.25, -0.2) is 4.68 Å². The van der Waals surface area contributed by atoms with Crippen LogP contribution in [0.4, 0.5) is 0 Å². The molecule has 0 aliphatic heterocycles. The summed E-state index contributed by atoms with van der Waals surface area (Å²) < 4.78 is 1.93. The van der Waals surface area contributed by atoms with Crippen molar-refractivity contribution in [3.63, 3.8) is 0 Å². The summed E-state index contributed by atoms with van der Waals surface area (Å²) in [7, 11) is 0. The van der Waals surface area contributed by atoms with Crippen molar-refractivity contribution in [1.82, 2.24) is 15.1 Å². The average Bonchev–Trinajstić information content (AvgIpc) is 2.94. The standard InChI is InChI=1S/C20H28N4O.2ClH/c1-14-13-15(2)24(23-14)18-9-7-17(8-10-18)16(3)22-19(25)20(21)11-5-4-6-12-20;;/h7-10,13,16H,4-6,11-12,21H2,1-3H3,(H,22,25);2*1H. The van der Waals surface area contributed by atoms with Gasteiger partial charge in [-0.05, 0) is 57.4 Å². The zero-order chi connectivity index (χ0) is 18.0. The molecule has 0 bridgehead atoms. The molecule has 150 valence electrons. The minimum Gasteiger partial charge on any atom is -0.348 e. The molecular weight excluding hydrogens is 383 g/mol. The van der Waals surface area contributed by atoms with E-state index in [1.807, 2.05) is 49.7 Å². The lowest BCUT2D eigenvalue weighted by Gasteiger charge is -2.33. The second-order valence-electron chi connectivity index (χ2n) is 7.34. The summed E-state index contributed by atoms with van der Waals surface area (Å²) in [5, 5.41) is 7.60. The normalized spacial score (nSPS) is 16.6. The molecule has 1 aliphatic rings. The molecule has 3 rings (SSSR count). The van der Waals surface area contributed by atoms with Crippen molar-refractivity contribution in [1.29, 1.82) is 0 Å². The van der Waals surface area contributed by atoms with Crippen molar-refractivity contribution < 1.29 is 4.79 Å². The van der Waals surface area contributed by atoms with Gasteiger partial charge in [0.25, 0.3) is 0 Å². The highest BCUT2D eigenvalue weighted by Crippen LogP contribution is 2.27. The number of nitrogens with zero attached hydrogens (tertiary/aromatic N) is 2. The first-order chi connectivity index (χ1) is 11.9. The van der Waals surface area contributed by atoms with E-state index < -0.39 is 5.54 Å². The lowest BCUT2D eigenvalue weighted by molar-refractivity contribution is -0.128. The van der Waals surface area contributed by atoms with E-state index in [4.69, 9.17) is 5.73 Å². The molecule has 3 N–H and O–H groups in total. The Labute approximate surface area is 173 Å². The highest BCUT2D eigenvalue weighted by atomic mass is 35.5. The highest BCUT2D eigenvalue weighted by molar-refractivity contribution is 5.86. The average molecular weight is 413 g/mol. The lowest BCUT2D eigenvalue weighted by Crippen LogP contribution is -2.55. The number of halogens is 2. The quantitative estimate of drug-likeness (QED) is 0.790. The number of hydrogen-bond acceptors (Lipinski definition) is 3. The van der Waals surface area contributed by atoms with Crippen molar-refractivity contribution >= 4 is 30.7 Å². The van der Waals surface area contributed by atoms with Crippen LogP contribution in [0.1, 0.15) is 62.0 Å². The van der Waals surface area contributed by atoms with Gasteiger partial charge >= 0.3 is 0 Å². The highest BCUT2D eigenvalue weighted by Gasteiger charge is 2.35. The summed E-state index contributed by atoms with van der Waals surface area (Å²) >= 11 is 0. The van der Waals surface area contributed by atoms with Crippen LogP contribution in [0.2, 0.25) is 0 Å². The number of carbonyl (C=O) groups is 1. The van der Waals surface area contributed by atoms with Gasteiger partial charge in [-0.3, -0.25) is 4.79 Å². The number of aromatic nitrogens is 2. The molecule has 1 heterocycles. The summed E-state index contributed by atoms with van der Waals surface area (Å²) in [6.07, 6.45) is 4.81. The van der Waals surface area contributed by atoms with Gasteiger partial charge in [0.2, 0.25) is 5.91 Å². The predicted molar refractivity (Wildman–Crippen MR) is 114 cm³/mol. The molecule has 0 saturated heterocycles. The van der Waals surface area contributed by atoms with E-state index in [0.29, 0.717) is 0 Å². The third-order valence-corrected chi connectivity index (χ3v) is 5.19. The Morgan fingerprint density at radius 2 is 1.74 bits per heavy atom. The molecule has 1 unspecified atom stereocenters. The Bertz CT molecular complexity index is 752. The van der Waals surface area contributed by atoms with E-state index in [0.717, 1.165) is 48.3 Å². The van der Waals surface area contributed by atoms with Gasteiger partial charge in [-0.2, -0.15) is 5.10 Å². The number of benzene rings is 1. The summed E-state index contributed by atoms with van der Waals surface area (Å²) in [4.78, 5) is 12.6. The van der Waals surface area contributed by atoms with Crippen LogP contribution in [0, 0.1) is 13.8 Å². The molecule has 1 saturated carbocycles. The van der Waals surface area contributed by atoms with E-state index in [1.165, 1.54) is 6.42 Å². The molecule has 1 aliphatic carbocycles. The Kier molecular flexibility index (Phi) is 8.33. The molecule has 1 fully saturated rings. The zero-order valence-corrected chi connectivity index (χ0v) is 17.8. The van der Waals surface area contributed by atoms with Crippen molar-refractivity contribution in [3.05, 3.63) is 47.3 Å². The van der Waals surface area contributed by atoms with Crippen molar-refractivity contribution in [2.24, 2.45) is 5.73 Å². The second kappa shape index (κ2) is 9.58. The molecule has 1 aromatic heterocycles. The van der Waals surface area contributed by atoms with Crippen molar-refractivity contribution in [3.8, 4) is 5.69 Å². The number of carbonyl (C=O) groups excluding carboxylic acids is 1. The topological polar surface area (TPSA) is 72.9 Å². The number of aryl methyl sites for hydroxylation is 2. The molecular formula is C20H30Cl2N4O. The molecule has 1 aromatic carbocycles. The Hall–Kier alpha value is -1.56. The number of nitrogens with two attached hydrogens (primary N) is 1. The molecule has 1 amide bonds. The fraction of sp³-hybridized carbons (Fsp3) is 0.500.